The molecule has 0 nitrogen and oxygen atoms in total. The van der Waals surface area contributed by atoms with E-state index in [1.807, 2.05) is 6.07 Å². The molecule has 0 aliphatic carbocycles. The number of fused-ring (bicyclic) bond motifs is 1. The van der Waals surface area contributed by atoms with E-state index in [4.69, 9.17) is 0 Å². The average Bonchev–Trinajstić information content (AvgIpc) is 3.18. The highest BCUT2D eigenvalue weighted by Gasteiger charge is 1.94. The van der Waals surface area contributed by atoms with E-state index >= 15 is 0 Å². The minimum absolute atomic E-state index is 1.31. The van der Waals surface area contributed by atoms with Gasteiger partial charge < -0.3 is 0 Å². The smallest absolute Gasteiger partial charge is 0.0450 e. The van der Waals surface area contributed by atoms with Crippen LogP contribution in [0.3, 0.4) is 0 Å². The van der Waals surface area contributed by atoms with Crippen LogP contribution in [0.5, 0.6) is 0 Å². The Hall–Kier alpha value is -1.42. The summed E-state index contributed by atoms with van der Waals surface area (Å²) in [4.78, 5) is 1.34. The predicted octanol–water partition coefficient (Wildman–Crippen LogP) is 6.38. The van der Waals surface area contributed by atoms with Crippen molar-refractivity contribution in [2.24, 2.45) is 0 Å². The van der Waals surface area contributed by atoms with Gasteiger partial charge in [-0.15, -0.1) is 34.0 Å². The molecule has 0 amide bonds. The van der Waals surface area contributed by atoms with Crippen LogP contribution >= 0.6 is 34.0 Å². The maximum absolute atomic E-state index is 2.16. The van der Waals surface area contributed by atoms with E-state index in [2.05, 4.69) is 64.7 Å². The Balaban J connectivity index is 0.000000122. The third-order valence-corrected chi connectivity index (χ3v) is 5.46. The lowest BCUT2D eigenvalue weighted by molar-refractivity contribution is 1.70. The van der Waals surface area contributed by atoms with Crippen molar-refractivity contribution in [3.8, 4) is 10.4 Å². The van der Waals surface area contributed by atoms with Crippen LogP contribution in [0.15, 0.2) is 70.7 Å². The van der Waals surface area contributed by atoms with E-state index < -0.39 is 0 Å². The highest BCUT2D eigenvalue weighted by atomic mass is 32.1. The SMILES string of the molecule is c1cc2sccc2s1.c1ccc(-c2cccs2)cc1. The summed E-state index contributed by atoms with van der Waals surface area (Å²) in [6.45, 7) is 0. The Morgan fingerprint density at radius 1 is 0.526 bits per heavy atom. The van der Waals surface area contributed by atoms with Gasteiger partial charge in [0.15, 0.2) is 0 Å². The van der Waals surface area contributed by atoms with Gasteiger partial charge in [0.25, 0.3) is 0 Å². The van der Waals surface area contributed by atoms with Crippen molar-refractivity contribution < 1.29 is 0 Å². The molecular formula is C16H12S3. The second kappa shape index (κ2) is 6.15. The van der Waals surface area contributed by atoms with E-state index in [0.29, 0.717) is 0 Å². The van der Waals surface area contributed by atoms with Gasteiger partial charge in [-0.2, -0.15) is 0 Å². The van der Waals surface area contributed by atoms with Gasteiger partial charge in [-0.05, 0) is 39.9 Å². The molecule has 0 N–H and O–H groups in total. The predicted molar refractivity (Wildman–Crippen MR) is 89.5 cm³/mol. The molecule has 94 valence electrons. The number of thiophene rings is 3. The average molecular weight is 300 g/mol. The van der Waals surface area contributed by atoms with Gasteiger partial charge in [-0.1, -0.05) is 36.4 Å². The Kier molecular flexibility index (Phi) is 4.08. The summed E-state index contributed by atoms with van der Waals surface area (Å²) in [5.41, 5.74) is 1.31. The molecule has 0 aliphatic rings. The van der Waals surface area contributed by atoms with E-state index in [0.717, 1.165) is 0 Å². The molecule has 0 bridgehead atoms. The van der Waals surface area contributed by atoms with E-state index in [1.54, 1.807) is 34.0 Å². The van der Waals surface area contributed by atoms with Crippen molar-refractivity contribution in [2.75, 3.05) is 0 Å². The van der Waals surface area contributed by atoms with Crippen LogP contribution < -0.4 is 0 Å². The summed E-state index contributed by atoms with van der Waals surface area (Å²) in [5, 5.41) is 6.35. The van der Waals surface area contributed by atoms with Gasteiger partial charge in [0.1, 0.15) is 0 Å². The van der Waals surface area contributed by atoms with E-state index in [1.165, 1.54) is 19.8 Å². The number of benzene rings is 1. The lowest BCUT2D eigenvalue weighted by Crippen LogP contribution is -1.67. The maximum Gasteiger partial charge on any atom is 0.0450 e. The van der Waals surface area contributed by atoms with Crippen LogP contribution in [0, 0.1) is 0 Å². The Morgan fingerprint density at radius 2 is 1.21 bits per heavy atom. The fourth-order valence-corrected chi connectivity index (χ4v) is 4.30. The van der Waals surface area contributed by atoms with Gasteiger partial charge in [0.2, 0.25) is 0 Å². The first-order chi connectivity index (χ1) is 9.43. The monoisotopic (exact) mass is 300 g/mol. The first-order valence-electron chi connectivity index (χ1n) is 5.93. The lowest BCUT2D eigenvalue weighted by Gasteiger charge is -1.93. The number of hydrogen-bond donors (Lipinski definition) is 0. The molecular weight excluding hydrogens is 288 g/mol. The van der Waals surface area contributed by atoms with Crippen molar-refractivity contribution in [2.45, 2.75) is 0 Å². The molecule has 4 aromatic rings. The highest BCUT2D eigenvalue weighted by Crippen LogP contribution is 2.25. The Bertz CT molecular complexity index is 666. The fourth-order valence-electron chi connectivity index (χ4n) is 1.74. The van der Waals surface area contributed by atoms with Crippen molar-refractivity contribution in [1.29, 1.82) is 0 Å². The summed E-state index contributed by atoms with van der Waals surface area (Å²) >= 11 is 5.38. The first-order valence-corrected chi connectivity index (χ1v) is 8.57. The molecule has 0 fully saturated rings. The maximum atomic E-state index is 2.16. The molecule has 4 rings (SSSR count). The molecule has 3 aromatic heterocycles. The molecule has 19 heavy (non-hydrogen) atoms. The van der Waals surface area contributed by atoms with Gasteiger partial charge in [0, 0.05) is 14.3 Å². The van der Waals surface area contributed by atoms with Gasteiger partial charge in [0.05, 0.1) is 0 Å². The van der Waals surface area contributed by atoms with Gasteiger partial charge in [-0.3, -0.25) is 0 Å². The summed E-state index contributed by atoms with van der Waals surface area (Å²) in [5.74, 6) is 0. The lowest BCUT2D eigenvalue weighted by atomic mass is 10.2. The quantitative estimate of drug-likeness (QED) is 0.383. The molecule has 3 heterocycles. The standard InChI is InChI=1S/C10H8S.C6H4S2/c1-2-5-9(6-3-1)10-7-4-8-11-10;1-3-7-6-2-4-8-5(1)6/h1-8H;1-4H. The van der Waals surface area contributed by atoms with Gasteiger partial charge >= 0.3 is 0 Å². The second-order valence-corrected chi connectivity index (χ2v) is 6.76. The van der Waals surface area contributed by atoms with Crippen LogP contribution in [0.4, 0.5) is 0 Å². The van der Waals surface area contributed by atoms with Crippen LogP contribution in [0.25, 0.3) is 19.8 Å². The zero-order valence-corrected chi connectivity index (χ0v) is 12.6. The third kappa shape index (κ3) is 3.13. The van der Waals surface area contributed by atoms with Crippen molar-refractivity contribution >= 4 is 43.4 Å². The van der Waals surface area contributed by atoms with Crippen molar-refractivity contribution in [3.63, 3.8) is 0 Å². The van der Waals surface area contributed by atoms with Gasteiger partial charge in [-0.25, -0.2) is 0 Å². The normalized spacial score (nSPS) is 10.1. The molecule has 0 spiro atoms. The number of rotatable bonds is 1. The van der Waals surface area contributed by atoms with Crippen LogP contribution in [0.1, 0.15) is 0 Å². The van der Waals surface area contributed by atoms with E-state index in [-0.39, 0.29) is 0 Å². The van der Waals surface area contributed by atoms with Crippen molar-refractivity contribution in [3.05, 3.63) is 70.7 Å². The summed E-state index contributed by atoms with van der Waals surface area (Å²) < 4.78 is 2.82. The van der Waals surface area contributed by atoms with Crippen LogP contribution in [-0.2, 0) is 0 Å². The molecule has 0 atom stereocenters. The Labute approximate surface area is 124 Å². The third-order valence-electron chi connectivity index (χ3n) is 2.65. The van der Waals surface area contributed by atoms with Crippen LogP contribution in [0.2, 0.25) is 0 Å². The summed E-state index contributed by atoms with van der Waals surface area (Å²) in [7, 11) is 0. The Morgan fingerprint density at radius 3 is 1.79 bits per heavy atom. The molecule has 3 heteroatoms. The molecule has 0 unspecified atom stereocenters. The summed E-state index contributed by atoms with van der Waals surface area (Å²) in [6.07, 6.45) is 0. The zero-order chi connectivity index (χ0) is 12.9. The molecule has 0 radical (unpaired) electrons. The molecule has 0 saturated heterocycles. The minimum atomic E-state index is 1.31. The van der Waals surface area contributed by atoms with Crippen LogP contribution in [-0.4, -0.2) is 0 Å². The molecule has 0 aliphatic heterocycles. The first kappa shape index (κ1) is 12.6. The second-order valence-electron chi connectivity index (χ2n) is 3.91. The summed E-state index contributed by atoms with van der Waals surface area (Å²) in [6, 6.07) is 19.0. The molecule has 0 saturated carbocycles. The van der Waals surface area contributed by atoms with Crippen molar-refractivity contribution in [1.82, 2.24) is 0 Å². The molecule has 1 aromatic carbocycles. The van der Waals surface area contributed by atoms with E-state index in [9.17, 15) is 0 Å². The fraction of sp³-hybridized carbons (Fsp3) is 0. The number of hydrogen-bond acceptors (Lipinski definition) is 3. The topological polar surface area (TPSA) is 0 Å². The highest BCUT2D eigenvalue weighted by molar-refractivity contribution is 7.25. The zero-order valence-electron chi connectivity index (χ0n) is 10.2. The largest absolute Gasteiger partial charge is 0.144 e. The minimum Gasteiger partial charge on any atom is -0.144 e.